The summed E-state index contributed by atoms with van der Waals surface area (Å²) < 4.78 is 0. The van der Waals surface area contributed by atoms with Gasteiger partial charge in [-0.15, -0.1) is 0 Å². The molecule has 0 fully saturated rings. The molecule has 0 aliphatic heterocycles. The second-order valence-corrected chi connectivity index (χ2v) is 14.6. The fourth-order valence-electron chi connectivity index (χ4n) is 5.36. The second kappa shape index (κ2) is 27.9. The third-order valence-corrected chi connectivity index (χ3v) is 8.56. The number of carboxylic acid groups (broad SMARTS) is 3. The van der Waals surface area contributed by atoms with Gasteiger partial charge in [-0.1, -0.05) is 27.7 Å². The van der Waals surface area contributed by atoms with Crippen LogP contribution in [0.4, 0.5) is 0 Å². The van der Waals surface area contributed by atoms with E-state index < -0.39 is 127 Å². The molecule has 0 aliphatic carbocycles. The maximum absolute atomic E-state index is 13.7. The summed E-state index contributed by atoms with van der Waals surface area (Å²) in [7, 11) is 0. The van der Waals surface area contributed by atoms with Crippen molar-refractivity contribution in [3.63, 3.8) is 0 Å². The lowest BCUT2D eigenvalue weighted by molar-refractivity contribution is -0.143. The van der Waals surface area contributed by atoms with Crippen LogP contribution in [0.1, 0.15) is 85.5 Å². The third kappa shape index (κ3) is 22.2. The number of aliphatic hydroxyl groups excluding tert-OH is 1. The highest BCUT2D eigenvalue weighted by molar-refractivity contribution is 5.98. The van der Waals surface area contributed by atoms with E-state index in [1.54, 1.807) is 27.7 Å². The van der Waals surface area contributed by atoms with Crippen molar-refractivity contribution in [2.45, 2.75) is 128 Å². The molecule has 59 heavy (non-hydrogen) atoms. The molecule has 0 aromatic heterocycles. The number of carboxylic acids is 3. The Hall–Kier alpha value is -5.62. The number of carbonyl (C=O) groups excluding carboxylic acids is 6. The summed E-state index contributed by atoms with van der Waals surface area (Å²) in [4.78, 5) is 118. The van der Waals surface area contributed by atoms with Gasteiger partial charge in [-0.2, -0.15) is 0 Å². The van der Waals surface area contributed by atoms with Crippen LogP contribution in [-0.4, -0.2) is 142 Å². The smallest absolute Gasteiger partial charge is 0.326 e. The first kappa shape index (κ1) is 53.4. The van der Waals surface area contributed by atoms with E-state index in [9.17, 15) is 63.6 Å². The van der Waals surface area contributed by atoms with Crippen molar-refractivity contribution in [2.24, 2.45) is 39.8 Å². The molecule has 24 nitrogen and oxygen atoms in total. The molecule has 0 bridgehead atoms. The molecule has 0 aliphatic rings. The topological polar surface area (TPSA) is 423 Å². The average molecular weight is 846 g/mol. The molecule has 0 spiro atoms. The minimum Gasteiger partial charge on any atom is -0.481 e. The van der Waals surface area contributed by atoms with Crippen molar-refractivity contribution in [2.75, 3.05) is 19.7 Å². The fourth-order valence-corrected chi connectivity index (χ4v) is 5.36. The lowest BCUT2D eigenvalue weighted by Crippen LogP contribution is -2.61. The summed E-state index contributed by atoms with van der Waals surface area (Å²) in [5, 5.41) is 52.2. The Morgan fingerprint density at radius 1 is 0.593 bits per heavy atom. The lowest BCUT2D eigenvalue weighted by atomic mass is 9.98. The van der Waals surface area contributed by atoms with Gasteiger partial charge in [-0.25, -0.2) is 4.79 Å². The molecule has 7 atom stereocenters. The molecule has 0 heterocycles. The highest BCUT2D eigenvalue weighted by Crippen LogP contribution is 2.11. The van der Waals surface area contributed by atoms with Crippen LogP contribution >= 0.6 is 0 Å². The maximum Gasteiger partial charge on any atom is 0.326 e. The van der Waals surface area contributed by atoms with Gasteiger partial charge in [0.2, 0.25) is 35.4 Å². The van der Waals surface area contributed by atoms with Gasteiger partial charge in [0.15, 0.2) is 5.96 Å². The van der Waals surface area contributed by atoms with Crippen molar-refractivity contribution in [3.05, 3.63) is 0 Å². The van der Waals surface area contributed by atoms with Crippen LogP contribution in [0.2, 0.25) is 0 Å². The first-order valence-electron chi connectivity index (χ1n) is 19.1. The maximum atomic E-state index is 13.7. The fraction of sp³-hybridized carbons (Fsp3) is 0.714. The molecule has 0 rings (SSSR count). The second-order valence-electron chi connectivity index (χ2n) is 14.6. The quantitative estimate of drug-likeness (QED) is 0.0184. The number of aliphatic hydroxyl groups is 1. The van der Waals surface area contributed by atoms with E-state index in [1.165, 1.54) is 0 Å². The summed E-state index contributed by atoms with van der Waals surface area (Å²) in [5.74, 6) is -11.3. The van der Waals surface area contributed by atoms with Crippen LogP contribution in [0, 0.1) is 11.8 Å². The van der Waals surface area contributed by atoms with Crippen LogP contribution in [0.15, 0.2) is 4.99 Å². The summed E-state index contributed by atoms with van der Waals surface area (Å²) in [6, 6.07) is -10.4. The number of rotatable bonds is 30. The molecular weight excluding hydrogens is 782 g/mol. The van der Waals surface area contributed by atoms with Crippen LogP contribution < -0.4 is 54.8 Å². The predicted octanol–water partition coefficient (Wildman–Crippen LogP) is -4.48. The van der Waals surface area contributed by atoms with Crippen LogP contribution in [0.3, 0.4) is 0 Å². The van der Waals surface area contributed by atoms with Crippen molar-refractivity contribution >= 4 is 59.3 Å². The minimum absolute atomic E-state index is 0.0215. The summed E-state index contributed by atoms with van der Waals surface area (Å²) in [6.07, 6.45) is -0.962. The van der Waals surface area contributed by atoms with Gasteiger partial charge in [-0.05, 0) is 63.3 Å². The monoisotopic (exact) mass is 845 g/mol. The number of unbranched alkanes of at least 4 members (excludes halogenated alkanes) is 1. The number of nitrogens with one attached hydrogen (secondary N) is 6. The van der Waals surface area contributed by atoms with Gasteiger partial charge in [0.1, 0.15) is 36.3 Å². The summed E-state index contributed by atoms with van der Waals surface area (Å²) in [5.41, 5.74) is 21.8. The Bertz CT molecular complexity index is 1470. The zero-order valence-corrected chi connectivity index (χ0v) is 33.9. The Morgan fingerprint density at radius 2 is 1.12 bits per heavy atom. The number of hydrogen-bond acceptors (Lipinski definition) is 13. The number of hydrogen-bond donors (Lipinski definition) is 14. The largest absolute Gasteiger partial charge is 0.481 e. The average Bonchev–Trinajstić information content (AvgIpc) is 3.13. The molecule has 336 valence electrons. The Balaban J connectivity index is 6.18. The first-order valence-corrected chi connectivity index (χ1v) is 19.1. The third-order valence-electron chi connectivity index (χ3n) is 8.56. The highest BCUT2D eigenvalue weighted by Gasteiger charge is 2.35. The van der Waals surface area contributed by atoms with E-state index in [0.29, 0.717) is 19.4 Å². The zero-order chi connectivity index (χ0) is 45.4. The molecule has 0 aromatic carbocycles. The number of nitrogens with two attached hydrogens (primary N) is 4. The lowest BCUT2D eigenvalue weighted by Gasteiger charge is -2.28. The highest BCUT2D eigenvalue weighted by atomic mass is 16.4. The van der Waals surface area contributed by atoms with Crippen molar-refractivity contribution < 1.29 is 63.6 Å². The van der Waals surface area contributed by atoms with Gasteiger partial charge < -0.3 is 75.3 Å². The molecule has 6 amide bonds. The van der Waals surface area contributed by atoms with Gasteiger partial charge in [0.05, 0.1) is 19.1 Å². The molecule has 0 aromatic rings. The molecule has 18 N–H and O–H groups in total. The summed E-state index contributed by atoms with van der Waals surface area (Å²) >= 11 is 0. The molecular formula is C35H63N11O13. The van der Waals surface area contributed by atoms with Gasteiger partial charge in [-0.3, -0.25) is 43.3 Å². The number of guanidine groups is 1. The molecule has 0 radical (unpaired) electrons. The Morgan fingerprint density at radius 3 is 1.63 bits per heavy atom. The number of aliphatic imine (C=N–C) groups is 1. The van der Waals surface area contributed by atoms with Crippen molar-refractivity contribution in [1.82, 2.24) is 31.9 Å². The number of amides is 6. The van der Waals surface area contributed by atoms with E-state index in [0.717, 1.165) is 0 Å². The van der Waals surface area contributed by atoms with Crippen LogP contribution in [0.25, 0.3) is 0 Å². The van der Waals surface area contributed by atoms with Crippen molar-refractivity contribution in [3.8, 4) is 0 Å². The van der Waals surface area contributed by atoms with Crippen LogP contribution in [-0.2, 0) is 43.2 Å². The zero-order valence-electron chi connectivity index (χ0n) is 33.9. The van der Waals surface area contributed by atoms with Gasteiger partial charge in [0.25, 0.3) is 0 Å². The van der Waals surface area contributed by atoms with E-state index in [1.807, 2.05) is 0 Å². The van der Waals surface area contributed by atoms with E-state index >= 15 is 0 Å². The number of carbonyl (C=O) groups is 9. The molecule has 24 heteroatoms. The van der Waals surface area contributed by atoms with Gasteiger partial charge >= 0.3 is 17.9 Å². The van der Waals surface area contributed by atoms with Gasteiger partial charge in [0, 0.05) is 13.0 Å². The van der Waals surface area contributed by atoms with E-state index in [2.05, 4.69) is 36.9 Å². The Labute approximate surface area is 341 Å². The molecule has 0 saturated carbocycles. The summed E-state index contributed by atoms with van der Waals surface area (Å²) in [6.45, 7) is 6.09. The van der Waals surface area contributed by atoms with E-state index in [-0.39, 0.29) is 44.1 Å². The molecule has 0 saturated heterocycles. The predicted molar refractivity (Wildman–Crippen MR) is 211 cm³/mol. The minimum atomic E-state index is -1.93. The molecule has 0 unspecified atom stereocenters. The first-order chi connectivity index (χ1) is 27.5. The number of aliphatic carboxylic acids is 3. The number of nitrogens with zero attached hydrogens (tertiary/aromatic N) is 1. The standard InChI is InChI=1S/C35H63N11O13/c1-17(2)14-22(31(55)46-27(18(3)4)33(57)42-21(34(58)59)9-5-6-12-36)43-29(53)20(10-11-25(48)49)41-30(54)23(15-26(50)51)44-32(56)24(16-47)45-28(52)19(37)8-7-13-40-35(38)39/h17-24,27,47H,5-16,36-37H2,1-4H3,(H,41,54)(H,42,57)(H,43,53)(H,44,56)(H,45,52)(H,46,55)(H,48,49)(H,50,51)(H,58,59)(H4,38,39,40)/t19-,20-,21-,22-,23-,24-,27-/m0/s1. The SMILES string of the molecule is CC(C)C[C@H](NC(=O)[C@H](CCC(=O)O)NC(=O)[C@H](CC(=O)O)NC(=O)[C@H](CO)NC(=O)[C@@H](N)CCCN=C(N)N)C(=O)N[C@H](C(=O)N[C@@H](CCCCN)C(=O)O)C(C)C. The van der Waals surface area contributed by atoms with Crippen LogP contribution in [0.5, 0.6) is 0 Å². The van der Waals surface area contributed by atoms with E-state index in [4.69, 9.17) is 22.9 Å². The normalized spacial score (nSPS) is 14.6. The van der Waals surface area contributed by atoms with Crippen molar-refractivity contribution in [1.29, 1.82) is 0 Å². The Kier molecular flexibility index (Phi) is 25.3.